The summed E-state index contributed by atoms with van der Waals surface area (Å²) in [6, 6.07) is 5.67. The third-order valence-electron chi connectivity index (χ3n) is 4.09. The van der Waals surface area contributed by atoms with Crippen LogP contribution in [-0.4, -0.2) is 10.1 Å². The van der Waals surface area contributed by atoms with Gasteiger partial charge in [0.05, 0.1) is 5.69 Å². The Morgan fingerprint density at radius 2 is 1.41 bits per heavy atom. The zero-order valence-corrected chi connectivity index (χ0v) is 18.1. The van der Waals surface area contributed by atoms with Gasteiger partial charge in [-0.3, -0.25) is 4.98 Å². The van der Waals surface area contributed by atoms with E-state index in [0.29, 0.717) is 0 Å². The van der Waals surface area contributed by atoms with E-state index in [2.05, 4.69) is 4.98 Å². The van der Waals surface area contributed by atoms with Gasteiger partial charge in [0.2, 0.25) is 0 Å². The Morgan fingerprint density at radius 3 is 1.68 bits per heavy atom. The van der Waals surface area contributed by atoms with Gasteiger partial charge in [-0.25, -0.2) is 0 Å². The fourth-order valence-electron chi connectivity index (χ4n) is 2.74. The van der Waals surface area contributed by atoms with Crippen molar-refractivity contribution in [1.29, 1.82) is 0 Å². The van der Waals surface area contributed by atoms with Gasteiger partial charge in [0.15, 0.2) is 0 Å². The van der Waals surface area contributed by atoms with Crippen LogP contribution in [-0.2, 0) is 26.4 Å². The van der Waals surface area contributed by atoms with Gasteiger partial charge < -0.3 is 5.11 Å². The molecule has 0 atom stereocenters. The van der Waals surface area contributed by atoms with Crippen molar-refractivity contribution >= 4 is 17.0 Å². The molecule has 0 bridgehead atoms. The number of nitrogens with zero attached hydrogens (tertiary/aromatic N) is 1. The molecule has 5 heteroatoms. The number of aliphatic hydroxyl groups is 1. The molecule has 0 aliphatic heterocycles. The molecule has 22 heavy (non-hydrogen) atoms. The zero-order chi connectivity index (χ0) is 17.0. The molecule has 0 spiro atoms. The summed E-state index contributed by atoms with van der Waals surface area (Å²) in [7, 11) is 9.87. The second-order valence-electron chi connectivity index (χ2n) is 6.19. The number of rotatable bonds is 3. The van der Waals surface area contributed by atoms with Crippen molar-refractivity contribution in [2.75, 3.05) is 0 Å². The van der Waals surface area contributed by atoms with E-state index in [-0.39, 0.29) is 11.8 Å². The van der Waals surface area contributed by atoms with Crippen LogP contribution in [0.3, 0.4) is 0 Å². The Hall–Kier alpha value is 0.573. The molecule has 1 aromatic heterocycles. The number of hydrogen-bond acceptors (Lipinski definition) is 2. The fraction of sp³-hybridized carbons (Fsp3) is 0.706. The molecule has 1 N–H and O–H groups in total. The van der Waals surface area contributed by atoms with E-state index < -0.39 is 26.4 Å². The van der Waals surface area contributed by atoms with Crippen LogP contribution in [0.4, 0.5) is 0 Å². The van der Waals surface area contributed by atoms with Gasteiger partial charge in [-0.15, -0.1) is 0 Å². The first kappa shape index (κ1) is 22.6. The summed E-state index contributed by atoms with van der Waals surface area (Å²) in [5.41, 5.74) is -0.0497. The number of halogens is 2. The van der Waals surface area contributed by atoms with E-state index in [0.717, 1.165) is 5.69 Å². The fourth-order valence-corrected chi connectivity index (χ4v) is 2.74. The third kappa shape index (κ3) is 7.91. The first-order valence-corrected chi connectivity index (χ1v) is 14.3. The molecule has 1 aliphatic rings. The number of hydrogen-bond donors (Lipinski definition) is 1. The Balaban J connectivity index is 0.000000451. The van der Waals surface area contributed by atoms with Crippen molar-refractivity contribution in [2.24, 2.45) is 11.8 Å². The van der Waals surface area contributed by atoms with E-state index in [4.69, 9.17) is 17.0 Å². The van der Waals surface area contributed by atoms with Crippen molar-refractivity contribution in [1.82, 2.24) is 4.98 Å². The maximum absolute atomic E-state index is 10.6. The van der Waals surface area contributed by atoms with Crippen LogP contribution in [0.15, 0.2) is 24.4 Å². The van der Waals surface area contributed by atoms with Crippen molar-refractivity contribution in [2.45, 2.75) is 65.4 Å². The maximum atomic E-state index is 10.6. The summed E-state index contributed by atoms with van der Waals surface area (Å²) in [5.74, 6) is 0.329. The number of aromatic nitrogens is 1. The van der Waals surface area contributed by atoms with Crippen LogP contribution < -0.4 is 0 Å². The molecule has 0 aromatic carbocycles. The van der Waals surface area contributed by atoms with Gasteiger partial charge in [-0.1, -0.05) is 65.9 Å². The van der Waals surface area contributed by atoms with E-state index >= 15 is 0 Å². The quantitative estimate of drug-likeness (QED) is 0.653. The molecular weight excluding hydrogens is 396 g/mol. The van der Waals surface area contributed by atoms with Gasteiger partial charge in [-0.2, -0.15) is 0 Å². The first-order chi connectivity index (χ1) is 10.4. The molecule has 0 unspecified atom stereocenters. The summed E-state index contributed by atoms with van der Waals surface area (Å²) >= 11 is -0.826. The molecule has 0 saturated heterocycles. The zero-order valence-electron chi connectivity index (χ0n) is 14.1. The Bertz CT molecular complexity index is 355. The number of pyridine rings is 1. The van der Waals surface area contributed by atoms with Crippen molar-refractivity contribution in [3.05, 3.63) is 30.1 Å². The average molecular weight is 426 g/mol. The SMILES string of the molecule is C1CCCC1.CC(C)C(O)(c1ccccn1)C(C)C.[Cl][Zr][Cl]. The summed E-state index contributed by atoms with van der Waals surface area (Å²) in [5, 5.41) is 10.6. The van der Waals surface area contributed by atoms with Crippen LogP contribution in [0.25, 0.3) is 0 Å². The second-order valence-corrected chi connectivity index (χ2v) is 9.92. The summed E-state index contributed by atoms with van der Waals surface area (Å²) < 4.78 is 0. The van der Waals surface area contributed by atoms with Crippen molar-refractivity contribution in [3.63, 3.8) is 0 Å². The molecule has 2 rings (SSSR count). The van der Waals surface area contributed by atoms with Gasteiger partial charge in [0, 0.05) is 6.20 Å². The Labute approximate surface area is 154 Å². The second kappa shape index (κ2) is 12.9. The van der Waals surface area contributed by atoms with E-state index in [1.807, 2.05) is 45.9 Å². The predicted molar refractivity (Wildman–Crippen MR) is 92.6 cm³/mol. The monoisotopic (exact) mass is 423 g/mol. The van der Waals surface area contributed by atoms with E-state index in [1.165, 1.54) is 32.1 Å². The van der Waals surface area contributed by atoms with E-state index in [9.17, 15) is 5.11 Å². The van der Waals surface area contributed by atoms with Gasteiger partial charge >= 0.3 is 37.9 Å². The molecule has 1 saturated carbocycles. The van der Waals surface area contributed by atoms with E-state index in [1.54, 1.807) is 6.20 Å². The normalized spacial score (nSPS) is 14.0. The minimum atomic E-state index is -0.826. The van der Waals surface area contributed by atoms with Crippen LogP contribution in [0.2, 0.25) is 0 Å². The minimum absolute atomic E-state index is 0.164. The van der Waals surface area contributed by atoms with Crippen molar-refractivity contribution < 1.29 is 26.0 Å². The van der Waals surface area contributed by atoms with Gasteiger partial charge in [0.1, 0.15) is 5.60 Å². The summed E-state index contributed by atoms with van der Waals surface area (Å²) in [6.45, 7) is 8.09. The molecule has 0 radical (unpaired) electrons. The average Bonchev–Trinajstić information content (AvgIpc) is 3.07. The van der Waals surface area contributed by atoms with Crippen LogP contribution >= 0.6 is 17.0 Å². The molecule has 1 fully saturated rings. The van der Waals surface area contributed by atoms with Gasteiger partial charge in [-0.05, 0) is 24.0 Å². The summed E-state index contributed by atoms with van der Waals surface area (Å²) in [4.78, 5) is 4.24. The van der Waals surface area contributed by atoms with Crippen LogP contribution in [0.5, 0.6) is 0 Å². The molecule has 1 heterocycles. The topological polar surface area (TPSA) is 33.1 Å². The van der Waals surface area contributed by atoms with Crippen LogP contribution in [0.1, 0.15) is 65.5 Å². The molecule has 0 amide bonds. The molecular formula is C17H29Cl2NOZr. The Morgan fingerprint density at radius 1 is 1.00 bits per heavy atom. The predicted octanol–water partition coefficient (Wildman–Crippen LogP) is 5.91. The standard InChI is InChI=1S/C12H19NO.C5H10.2ClH.Zr/c1-9(2)12(14,10(3)4)11-7-5-6-8-13-11;1-2-4-5-3-1;;;/h5-10,14H,1-4H3;1-5H2;2*1H;/q;;;;+2/p-2. The third-order valence-corrected chi connectivity index (χ3v) is 4.09. The van der Waals surface area contributed by atoms with Gasteiger partial charge in [0.25, 0.3) is 0 Å². The van der Waals surface area contributed by atoms with Crippen molar-refractivity contribution in [3.8, 4) is 0 Å². The molecule has 2 nitrogen and oxygen atoms in total. The Kier molecular flexibility index (Phi) is 13.3. The molecule has 1 aliphatic carbocycles. The first-order valence-electron chi connectivity index (χ1n) is 8.01. The molecule has 126 valence electrons. The van der Waals surface area contributed by atoms with Crippen LogP contribution in [0, 0.1) is 11.8 Å². The summed E-state index contributed by atoms with van der Waals surface area (Å²) in [6.07, 6.45) is 9.23. The molecule has 1 aromatic rings.